The Hall–Kier alpha value is -1.18. The summed E-state index contributed by atoms with van der Waals surface area (Å²) in [5.41, 5.74) is 2.43. The minimum absolute atomic E-state index is 0.133. The minimum atomic E-state index is -1.09. The van der Waals surface area contributed by atoms with Crippen molar-refractivity contribution in [1.29, 1.82) is 0 Å². The summed E-state index contributed by atoms with van der Waals surface area (Å²) in [4.78, 5) is 29.3. The van der Waals surface area contributed by atoms with Gasteiger partial charge in [-0.2, -0.15) is 0 Å². The summed E-state index contributed by atoms with van der Waals surface area (Å²) in [6.07, 6.45) is 8.39. The number of amides is 2. The van der Waals surface area contributed by atoms with Crippen LogP contribution in [0.3, 0.4) is 0 Å². The number of hydrogen-bond acceptors (Lipinski definition) is 5. The predicted molar refractivity (Wildman–Crippen MR) is 118 cm³/mol. The quantitative estimate of drug-likeness (QED) is 0.706. The second-order valence-electron chi connectivity index (χ2n) is 11.2. The number of aliphatic hydroxyl groups is 1. The fraction of sp³-hybridized carbons (Fsp3) is 0.917. The SMILES string of the molecule is CC1CC(C(=O)N2CCN(C(=O)C3(O)CC3)CC2)CCC1C1CCC2CNN(C)C2C1. The fourth-order valence-electron chi connectivity index (χ4n) is 7.08. The summed E-state index contributed by atoms with van der Waals surface area (Å²) < 4.78 is 0. The summed E-state index contributed by atoms with van der Waals surface area (Å²) in [6, 6.07) is 0.693. The number of hydrazine groups is 1. The van der Waals surface area contributed by atoms with Crippen molar-refractivity contribution in [2.75, 3.05) is 39.8 Å². The van der Waals surface area contributed by atoms with Crippen LogP contribution in [0.15, 0.2) is 0 Å². The van der Waals surface area contributed by atoms with E-state index in [1.54, 1.807) is 4.90 Å². The van der Waals surface area contributed by atoms with Crippen LogP contribution in [0.25, 0.3) is 0 Å². The van der Waals surface area contributed by atoms with Gasteiger partial charge >= 0.3 is 0 Å². The number of fused-ring (bicyclic) bond motifs is 1. The van der Waals surface area contributed by atoms with Crippen LogP contribution in [0, 0.1) is 29.6 Å². The first-order valence-corrected chi connectivity index (χ1v) is 12.6. The van der Waals surface area contributed by atoms with Crippen LogP contribution in [0.2, 0.25) is 0 Å². The van der Waals surface area contributed by atoms with Crippen LogP contribution in [0.4, 0.5) is 0 Å². The van der Waals surface area contributed by atoms with Gasteiger partial charge in [-0.05, 0) is 75.0 Å². The summed E-state index contributed by atoms with van der Waals surface area (Å²) in [5, 5.41) is 12.4. The maximum atomic E-state index is 13.2. The van der Waals surface area contributed by atoms with Crippen molar-refractivity contribution in [1.82, 2.24) is 20.2 Å². The lowest BCUT2D eigenvalue weighted by molar-refractivity contribution is -0.149. The molecule has 5 aliphatic rings. The number of carbonyl (C=O) groups is 2. The van der Waals surface area contributed by atoms with Crippen molar-refractivity contribution < 1.29 is 14.7 Å². The highest BCUT2D eigenvalue weighted by Gasteiger charge is 2.50. The molecule has 0 radical (unpaired) electrons. The lowest BCUT2D eigenvalue weighted by Crippen LogP contribution is -2.54. The zero-order chi connectivity index (χ0) is 21.8. The third kappa shape index (κ3) is 4.13. The van der Waals surface area contributed by atoms with Crippen LogP contribution in [-0.2, 0) is 9.59 Å². The van der Waals surface area contributed by atoms with Gasteiger partial charge in [-0.3, -0.25) is 15.0 Å². The van der Waals surface area contributed by atoms with Crippen molar-refractivity contribution in [3.8, 4) is 0 Å². The van der Waals surface area contributed by atoms with Gasteiger partial charge in [-0.25, -0.2) is 5.01 Å². The molecule has 6 unspecified atom stereocenters. The van der Waals surface area contributed by atoms with Gasteiger partial charge in [0, 0.05) is 51.7 Å². The maximum absolute atomic E-state index is 13.2. The molecule has 0 aromatic heterocycles. The maximum Gasteiger partial charge on any atom is 0.254 e. The number of carbonyl (C=O) groups excluding carboxylic acids is 2. The molecule has 3 aliphatic carbocycles. The number of nitrogens with zero attached hydrogens (tertiary/aromatic N) is 3. The molecule has 5 fully saturated rings. The third-order valence-electron chi connectivity index (χ3n) is 9.29. The van der Waals surface area contributed by atoms with Crippen LogP contribution in [0.5, 0.6) is 0 Å². The van der Waals surface area contributed by atoms with Crippen LogP contribution < -0.4 is 5.43 Å². The van der Waals surface area contributed by atoms with E-state index < -0.39 is 5.60 Å². The van der Waals surface area contributed by atoms with Gasteiger partial charge in [0.05, 0.1) is 0 Å². The Kier molecular flexibility index (Phi) is 5.80. The molecule has 0 spiro atoms. The van der Waals surface area contributed by atoms with E-state index in [9.17, 15) is 14.7 Å². The molecule has 6 atom stereocenters. The molecule has 5 rings (SSSR count). The Morgan fingerprint density at radius 1 is 0.935 bits per heavy atom. The van der Waals surface area contributed by atoms with E-state index in [-0.39, 0.29) is 11.8 Å². The zero-order valence-electron chi connectivity index (χ0n) is 19.3. The molecule has 7 nitrogen and oxygen atoms in total. The molecule has 2 saturated heterocycles. The third-order valence-corrected chi connectivity index (χ3v) is 9.29. The van der Waals surface area contributed by atoms with Crippen LogP contribution in [-0.4, -0.2) is 83.1 Å². The fourth-order valence-corrected chi connectivity index (χ4v) is 7.08. The molecule has 2 aliphatic heterocycles. The molecule has 2 heterocycles. The zero-order valence-corrected chi connectivity index (χ0v) is 19.3. The molecule has 7 heteroatoms. The minimum Gasteiger partial charge on any atom is -0.380 e. The Labute approximate surface area is 186 Å². The topological polar surface area (TPSA) is 76.1 Å². The summed E-state index contributed by atoms with van der Waals surface area (Å²) in [6.45, 7) is 5.86. The summed E-state index contributed by atoms with van der Waals surface area (Å²) in [5.74, 6) is 3.30. The standard InChI is InChI=1S/C24H40N4O3/c1-16-13-18(5-6-20(16)17-3-4-19-15-25-26(2)21(19)14-17)22(29)27-9-11-28(12-10-27)23(30)24(31)7-8-24/h16-21,25,31H,3-15H2,1-2H3. The first kappa shape index (κ1) is 21.7. The van der Waals surface area contributed by atoms with Crippen LogP contribution in [0.1, 0.15) is 58.3 Å². The average molecular weight is 433 g/mol. The Bertz CT molecular complexity index is 703. The first-order chi connectivity index (χ1) is 14.9. The number of nitrogens with one attached hydrogen (secondary N) is 1. The van der Waals surface area contributed by atoms with Crippen LogP contribution >= 0.6 is 0 Å². The molecule has 0 aromatic carbocycles. The molecule has 2 N–H and O–H groups in total. The van der Waals surface area contributed by atoms with E-state index >= 15 is 0 Å². The van der Waals surface area contributed by atoms with E-state index in [2.05, 4.69) is 24.4 Å². The van der Waals surface area contributed by atoms with Gasteiger partial charge in [0.25, 0.3) is 5.91 Å². The smallest absolute Gasteiger partial charge is 0.254 e. The lowest BCUT2D eigenvalue weighted by Gasteiger charge is -2.44. The molecule has 0 bridgehead atoms. The highest BCUT2D eigenvalue weighted by atomic mass is 16.3. The van der Waals surface area contributed by atoms with Gasteiger partial charge < -0.3 is 14.9 Å². The van der Waals surface area contributed by atoms with E-state index in [4.69, 9.17) is 0 Å². The van der Waals surface area contributed by atoms with E-state index in [0.29, 0.717) is 56.9 Å². The number of rotatable bonds is 3. The molecule has 3 saturated carbocycles. The molecule has 174 valence electrons. The second kappa shape index (κ2) is 8.31. The largest absolute Gasteiger partial charge is 0.380 e. The monoisotopic (exact) mass is 432 g/mol. The number of piperazine rings is 1. The van der Waals surface area contributed by atoms with Gasteiger partial charge in [0.1, 0.15) is 5.60 Å². The Morgan fingerprint density at radius 2 is 1.61 bits per heavy atom. The van der Waals surface area contributed by atoms with Crippen molar-refractivity contribution >= 4 is 11.8 Å². The van der Waals surface area contributed by atoms with Crippen molar-refractivity contribution in [3.63, 3.8) is 0 Å². The van der Waals surface area contributed by atoms with Crippen molar-refractivity contribution in [3.05, 3.63) is 0 Å². The first-order valence-electron chi connectivity index (χ1n) is 12.6. The average Bonchev–Trinajstić information content (AvgIpc) is 3.44. The van der Waals surface area contributed by atoms with Gasteiger partial charge in [-0.15, -0.1) is 0 Å². The number of hydrogen-bond donors (Lipinski definition) is 2. The normalized spacial score (nSPS) is 40.5. The van der Waals surface area contributed by atoms with Gasteiger partial charge in [-0.1, -0.05) is 6.92 Å². The second-order valence-corrected chi connectivity index (χ2v) is 11.2. The Balaban J connectivity index is 1.11. The lowest BCUT2D eigenvalue weighted by atomic mass is 9.64. The highest BCUT2D eigenvalue weighted by Crippen LogP contribution is 2.46. The molecule has 31 heavy (non-hydrogen) atoms. The van der Waals surface area contributed by atoms with Gasteiger partial charge in [0.2, 0.25) is 5.91 Å². The van der Waals surface area contributed by atoms with Crippen molar-refractivity contribution in [2.45, 2.75) is 69.9 Å². The van der Waals surface area contributed by atoms with E-state index in [1.165, 1.54) is 25.7 Å². The van der Waals surface area contributed by atoms with E-state index in [0.717, 1.165) is 37.1 Å². The Morgan fingerprint density at radius 3 is 2.29 bits per heavy atom. The van der Waals surface area contributed by atoms with Crippen molar-refractivity contribution in [2.24, 2.45) is 29.6 Å². The molecular formula is C24H40N4O3. The molecular weight excluding hydrogens is 392 g/mol. The summed E-state index contributed by atoms with van der Waals surface area (Å²) >= 11 is 0. The summed E-state index contributed by atoms with van der Waals surface area (Å²) in [7, 11) is 2.20. The predicted octanol–water partition coefficient (Wildman–Crippen LogP) is 1.47. The molecule has 2 amide bonds. The molecule has 0 aromatic rings. The van der Waals surface area contributed by atoms with E-state index in [1.807, 2.05) is 4.90 Å². The highest BCUT2D eigenvalue weighted by molar-refractivity contribution is 5.88. The van der Waals surface area contributed by atoms with Gasteiger partial charge in [0.15, 0.2) is 0 Å².